The van der Waals surface area contributed by atoms with Crippen LogP contribution in [0, 0.1) is 0 Å². The maximum atomic E-state index is 12.8. The number of nitrogen functional groups attached to an aromatic ring is 1. The van der Waals surface area contributed by atoms with Crippen molar-refractivity contribution in [1.82, 2.24) is 25.2 Å². The lowest BCUT2D eigenvalue weighted by atomic mass is 10.1. The highest BCUT2D eigenvalue weighted by atomic mass is 16.5. The predicted molar refractivity (Wildman–Crippen MR) is 95.4 cm³/mol. The molecule has 3 heterocycles. The second-order valence-electron chi connectivity index (χ2n) is 6.00. The van der Waals surface area contributed by atoms with Crippen molar-refractivity contribution in [2.45, 2.75) is 12.5 Å². The molecule has 1 aliphatic rings. The number of aromatic amines is 1. The van der Waals surface area contributed by atoms with E-state index in [-0.39, 0.29) is 17.3 Å². The first-order valence-electron chi connectivity index (χ1n) is 8.48. The van der Waals surface area contributed by atoms with Gasteiger partial charge in [0, 0.05) is 44.5 Å². The fourth-order valence-corrected chi connectivity index (χ4v) is 2.95. The molecule has 0 unspecified atom stereocenters. The molecule has 2 aromatic heterocycles. The first-order chi connectivity index (χ1) is 12.6. The van der Waals surface area contributed by atoms with E-state index in [1.165, 1.54) is 6.07 Å². The van der Waals surface area contributed by atoms with Gasteiger partial charge in [-0.25, -0.2) is 4.98 Å². The smallest absolute Gasteiger partial charge is 0.252 e. The van der Waals surface area contributed by atoms with Crippen molar-refractivity contribution in [2.24, 2.45) is 0 Å². The Bertz CT molecular complexity index is 789. The molecule has 3 rings (SSSR count). The Hall–Kier alpha value is -2.78. The highest BCUT2D eigenvalue weighted by Crippen LogP contribution is 2.21. The van der Waals surface area contributed by atoms with Crippen molar-refractivity contribution < 1.29 is 9.53 Å². The van der Waals surface area contributed by atoms with Crippen molar-refractivity contribution in [2.75, 3.05) is 38.6 Å². The molecule has 9 nitrogen and oxygen atoms in total. The lowest BCUT2D eigenvalue weighted by Gasteiger charge is -2.33. The van der Waals surface area contributed by atoms with Crippen LogP contribution in [-0.2, 0) is 16.0 Å². The van der Waals surface area contributed by atoms with Gasteiger partial charge in [0.25, 0.3) is 5.56 Å². The van der Waals surface area contributed by atoms with E-state index in [0.29, 0.717) is 45.1 Å². The maximum Gasteiger partial charge on any atom is 0.252 e. The topological polar surface area (TPSA) is 126 Å². The minimum atomic E-state index is -0.430. The number of hydrogen-bond donors (Lipinski definition) is 3. The molecule has 1 fully saturated rings. The molecule has 1 amide bonds. The van der Waals surface area contributed by atoms with Gasteiger partial charge in [0.2, 0.25) is 5.91 Å². The molecule has 2 aromatic rings. The summed E-state index contributed by atoms with van der Waals surface area (Å²) >= 11 is 0. The number of H-pyrrole nitrogens is 1. The number of amides is 1. The Morgan fingerprint density at radius 3 is 2.92 bits per heavy atom. The van der Waals surface area contributed by atoms with Gasteiger partial charge in [-0.3, -0.25) is 19.5 Å². The number of nitrogens with one attached hydrogen (secondary N) is 2. The van der Waals surface area contributed by atoms with E-state index < -0.39 is 6.04 Å². The lowest BCUT2D eigenvalue weighted by Crippen LogP contribution is -2.46. The lowest BCUT2D eigenvalue weighted by molar-refractivity contribution is -0.128. The Morgan fingerprint density at radius 2 is 2.23 bits per heavy atom. The van der Waals surface area contributed by atoms with Gasteiger partial charge in [0.15, 0.2) is 0 Å². The summed E-state index contributed by atoms with van der Waals surface area (Å²) in [4.78, 5) is 37.1. The summed E-state index contributed by atoms with van der Waals surface area (Å²) in [5.74, 6) is 0.488. The van der Waals surface area contributed by atoms with E-state index in [2.05, 4.69) is 25.2 Å². The summed E-state index contributed by atoms with van der Waals surface area (Å²) in [5.41, 5.74) is 6.10. The molecule has 9 heteroatoms. The molecule has 138 valence electrons. The molecule has 4 N–H and O–H groups in total. The average molecular weight is 358 g/mol. The van der Waals surface area contributed by atoms with Crippen molar-refractivity contribution in [3.63, 3.8) is 0 Å². The Morgan fingerprint density at radius 1 is 1.42 bits per heavy atom. The molecule has 0 aromatic carbocycles. The number of carbonyl (C=O) groups is 1. The number of carbonyl (C=O) groups excluding carboxylic acids is 1. The molecule has 0 aliphatic carbocycles. The first kappa shape index (κ1) is 18.0. The van der Waals surface area contributed by atoms with Crippen molar-refractivity contribution in [1.29, 1.82) is 0 Å². The first-order valence-corrected chi connectivity index (χ1v) is 8.48. The van der Waals surface area contributed by atoms with Gasteiger partial charge in [0.1, 0.15) is 17.7 Å². The largest absolute Gasteiger partial charge is 0.383 e. The van der Waals surface area contributed by atoms with Gasteiger partial charge >= 0.3 is 0 Å². The fourth-order valence-electron chi connectivity index (χ4n) is 2.95. The van der Waals surface area contributed by atoms with Gasteiger partial charge in [-0.05, 0) is 11.6 Å². The van der Waals surface area contributed by atoms with Crippen LogP contribution in [0.4, 0.5) is 5.82 Å². The zero-order valence-electron chi connectivity index (χ0n) is 14.4. The van der Waals surface area contributed by atoms with Gasteiger partial charge in [-0.2, -0.15) is 0 Å². The molecule has 0 radical (unpaired) electrons. The van der Waals surface area contributed by atoms with E-state index >= 15 is 0 Å². The summed E-state index contributed by atoms with van der Waals surface area (Å²) in [6, 6.07) is 4.50. The monoisotopic (exact) mass is 358 g/mol. The number of morpholine rings is 1. The predicted octanol–water partition coefficient (Wildman–Crippen LogP) is -0.521. The van der Waals surface area contributed by atoms with E-state index in [1.807, 2.05) is 12.1 Å². The average Bonchev–Trinajstić information content (AvgIpc) is 2.63. The number of rotatable bonds is 6. The number of nitrogens with two attached hydrogens (primary N) is 1. The van der Waals surface area contributed by atoms with Gasteiger partial charge in [-0.1, -0.05) is 6.07 Å². The van der Waals surface area contributed by atoms with Crippen molar-refractivity contribution in [3.8, 4) is 0 Å². The highest BCUT2D eigenvalue weighted by Gasteiger charge is 2.29. The third kappa shape index (κ3) is 4.64. The molecule has 1 saturated heterocycles. The van der Waals surface area contributed by atoms with Crippen LogP contribution in [0.1, 0.15) is 17.4 Å². The number of aromatic nitrogens is 3. The summed E-state index contributed by atoms with van der Waals surface area (Å²) in [6.45, 7) is 2.89. The summed E-state index contributed by atoms with van der Waals surface area (Å²) in [7, 11) is 0. The Kier molecular flexibility index (Phi) is 5.92. The number of pyridine rings is 1. The summed E-state index contributed by atoms with van der Waals surface area (Å²) in [5, 5.41) is 2.91. The quantitative estimate of drug-likeness (QED) is 0.634. The molecule has 0 spiro atoms. The number of ether oxygens (including phenoxy) is 1. The molecule has 0 bridgehead atoms. The zero-order chi connectivity index (χ0) is 18.4. The van der Waals surface area contributed by atoms with E-state index in [4.69, 9.17) is 10.5 Å². The second-order valence-corrected chi connectivity index (χ2v) is 6.00. The molecule has 1 aliphatic heterocycles. The van der Waals surface area contributed by atoms with Gasteiger partial charge in [-0.15, -0.1) is 0 Å². The van der Waals surface area contributed by atoms with Gasteiger partial charge in [0.05, 0.1) is 13.2 Å². The van der Waals surface area contributed by atoms with Crippen LogP contribution < -0.4 is 16.6 Å². The van der Waals surface area contributed by atoms with E-state index in [9.17, 15) is 9.59 Å². The van der Waals surface area contributed by atoms with Crippen molar-refractivity contribution >= 4 is 11.7 Å². The molecular formula is C17H22N6O3. The summed E-state index contributed by atoms with van der Waals surface area (Å²) in [6.07, 6.45) is 3.77. The molecule has 26 heavy (non-hydrogen) atoms. The van der Waals surface area contributed by atoms with Crippen LogP contribution >= 0.6 is 0 Å². The van der Waals surface area contributed by atoms with Crippen LogP contribution in [0.25, 0.3) is 0 Å². The fraction of sp³-hybridized carbons (Fsp3) is 0.412. The third-order valence-corrected chi connectivity index (χ3v) is 4.13. The standard InChI is InChI=1S/C17H22N6O3/c18-13-10-15(24)22-14(21-13)3-5-20-17(25)16(12-2-1-4-19-11-12)23-6-8-26-9-7-23/h1-2,4,10-11,16H,3,5-9H2,(H,20,25)(H3,18,21,22,24)/t16-/m1/s1. The highest BCUT2D eigenvalue weighted by molar-refractivity contribution is 5.83. The minimum absolute atomic E-state index is 0.119. The number of hydrogen-bond acceptors (Lipinski definition) is 7. The van der Waals surface area contributed by atoms with Gasteiger partial charge < -0.3 is 20.8 Å². The Labute approximate surface area is 150 Å². The normalized spacial score (nSPS) is 16.2. The van der Waals surface area contributed by atoms with Crippen LogP contribution in [-0.4, -0.2) is 58.6 Å². The minimum Gasteiger partial charge on any atom is -0.383 e. The third-order valence-electron chi connectivity index (χ3n) is 4.13. The van der Waals surface area contributed by atoms with Crippen LogP contribution in [0.3, 0.4) is 0 Å². The molecular weight excluding hydrogens is 336 g/mol. The number of nitrogens with zero attached hydrogens (tertiary/aromatic N) is 3. The SMILES string of the molecule is Nc1cc(=O)[nH]c(CCNC(=O)[C@@H](c2cccnc2)N2CCOCC2)n1. The molecule has 0 saturated carbocycles. The van der Waals surface area contributed by atoms with Crippen LogP contribution in [0.2, 0.25) is 0 Å². The van der Waals surface area contributed by atoms with E-state index in [0.717, 1.165) is 5.56 Å². The molecule has 1 atom stereocenters. The van der Waals surface area contributed by atoms with Crippen LogP contribution in [0.5, 0.6) is 0 Å². The van der Waals surface area contributed by atoms with E-state index in [1.54, 1.807) is 12.4 Å². The van der Waals surface area contributed by atoms with Crippen molar-refractivity contribution in [3.05, 3.63) is 52.3 Å². The maximum absolute atomic E-state index is 12.8. The second kappa shape index (κ2) is 8.54. The Balaban J connectivity index is 1.66. The van der Waals surface area contributed by atoms with Crippen LogP contribution in [0.15, 0.2) is 35.4 Å². The summed E-state index contributed by atoms with van der Waals surface area (Å²) < 4.78 is 5.38. The number of anilines is 1. The zero-order valence-corrected chi connectivity index (χ0v) is 14.4.